The van der Waals surface area contributed by atoms with Crippen LogP contribution in [0.3, 0.4) is 0 Å². The van der Waals surface area contributed by atoms with Crippen LogP contribution >= 0.6 is 0 Å². The lowest BCUT2D eigenvalue weighted by atomic mass is 9.96. The maximum absolute atomic E-state index is 8.74. The largest absolute Gasteiger partial charge is 0.394 e. The van der Waals surface area contributed by atoms with Crippen LogP contribution in [0.25, 0.3) is 0 Å². The Morgan fingerprint density at radius 1 is 0.750 bits per heavy atom. The number of hydrogen-bond donors (Lipinski definition) is 2. The van der Waals surface area contributed by atoms with Crippen molar-refractivity contribution in [1.82, 2.24) is 0 Å². The monoisotopic (exact) mass is 304 g/mol. The summed E-state index contributed by atoms with van der Waals surface area (Å²) in [6, 6.07) is 4.04. The first-order valence-corrected chi connectivity index (χ1v) is 8.69. The van der Waals surface area contributed by atoms with Crippen LogP contribution in [-0.4, -0.2) is 35.6 Å². The normalized spacial score (nSPS) is 21.3. The van der Waals surface area contributed by atoms with Crippen molar-refractivity contribution in [3.8, 4) is 0 Å². The summed E-state index contributed by atoms with van der Waals surface area (Å²) in [5, 5.41) is 0. The molecule has 7 heteroatoms. The highest BCUT2D eigenvalue weighted by Crippen LogP contribution is 2.21. The van der Waals surface area contributed by atoms with Gasteiger partial charge >= 0.3 is 10.4 Å². The smallest absolute Gasteiger partial charge is 0.264 e. The summed E-state index contributed by atoms with van der Waals surface area (Å²) in [5.74, 6) is 0. The van der Waals surface area contributed by atoms with Gasteiger partial charge in [-0.1, -0.05) is 38.5 Å². The van der Waals surface area contributed by atoms with Crippen molar-refractivity contribution in [3.63, 3.8) is 0 Å². The zero-order valence-electron chi connectivity index (χ0n) is 11.7. The van der Waals surface area contributed by atoms with E-state index in [1.54, 1.807) is 0 Å². The molecule has 20 heavy (non-hydrogen) atoms. The number of hydrogen-bond acceptors (Lipinski definition) is 4. The first-order chi connectivity index (χ1) is 9.45. The molecule has 2 rings (SSSR count). The van der Waals surface area contributed by atoms with Crippen molar-refractivity contribution in [2.45, 2.75) is 76.3 Å². The average Bonchev–Trinajstić information content (AvgIpc) is 2.39. The zero-order chi connectivity index (χ0) is 14.8. The predicted octanol–water partition coefficient (Wildman–Crippen LogP) is 3.17. The van der Waals surface area contributed by atoms with Gasteiger partial charge in [-0.3, -0.25) is 9.11 Å². The summed E-state index contributed by atoms with van der Waals surface area (Å²) in [4.78, 5) is 8.92. The van der Waals surface area contributed by atoms with Gasteiger partial charge in [-0.15, -0.1) is 0 Å². The molecule has 2 saturated carbocycles. The number of aliphatic imine (C=N–C) groups is 2. The average molecular weight is 304 g/mol. The minimum Gasteiger partial charge on any atom is -0.264 e. The van der Waals surface area contributed by atoms with E-state index in [1.165, 1.54) is 64.2 Å². The summed E-state index contributed by atoms with van der Waals surface area (Å²) in [6.07, 6.45) is 13.2. The summed E-state index contributed by atoms with van der Waals surface area (Å²) in [5.41, 5.74) is 0. The van der Waals surface area contributed by atoms with Gasteiger partial charge in [0.1, 0.15) is 0 Å². The Hall–Kier alpha value is -0.750. The lowest BCUT2D eigenvalue weighted by Crippen LogP contribution is -2.10. The van der Waals surface area contributed by atoms with Crippen molar-refractivity contribution in [1.29, 1.82) is 0 Å². The predicted molar refractivity (Wildman–Crippen MR) is 77.8 cm³/mol. The second kappa shape index (κ2) is 9.23. The lowest BCUT2D eigenvalue weighted by Gasteiger charge is -2.17. The van der Waals surface area contributed by atoms with Crippen LogP contribution < -0.4 is 0 Å². The second-order valence-corrected chi connectivity index (χ2v) is 6.29. The minimum atomic E-state index is -4.67. The van der Waals surface area contributed by atoms with E-state index in [9.17, 15) is 0 Å². The second-order valence-electron chi connectivity index (χ2n) is 5.39. The van der Waals surface area contributed by atoms with Gasteiger partial charge < -0.3 is 0 Å². The highest BCUT2D eigenvalue weighted by molar-refractivity contribution is 7.79. The van der Waals surface area contributed by atoms with Crippen LogP contribution in [0.2, 0.25) is 0 Å². The molecule has 0 aromatic carbocycles. The summed E-state index contributed by atoms with van der Waals surface area (Å²) < 4.78 is 31.6. The van der Waals surface area contributed by atoms with Crippen LogP contribution in [0.4, 0.5) is 0 Å². The van der Waals surface area contributed by atoms with Crippen LogP contribution in [0.1, 0.15) is 64.2 Å². The molecule has 2 fully saturated rings. The van der Waals surface area contributed by atoms with Gasteiger partial charge in [0.05, 0.1) is 18.1 Å². The Morgan fingerprint density at radius 2 is 1.05 bits per heavy atom. The van der Waals surface area contributed by atoms with Gasteiger partial charge in [0.2, 0.25) is 0 Å². The maximum Gasteiger partial charge on any atom is 0.394 e. The molecule has 0 aromatic heterocycles. The first kappa shape index (κ1) is 17.3. The van der Waals surface area contributed by atoms with Crippen molar-refractivity contribution >= 4 is 16.4 Å². The van der Waals surface area contributed by atoms with E-state index >= 15 is 0 Å². The van der Waals surface area contributed by atoms with Gasteiger partial charge in [-0.2, -0.15) is 8.42 Å². The SMILES string of the molecule is C(=NC1CCCCC1)=NC1CCCCC1.O=S(=O)(O)O. The van der Waals surface area contributed by atoms with Gasteiger partial charge in [0, 0.05) is 0 Å². The zero-order valence-corrected chi connectivity index (χ0v) is 12.6. The van der Waals surface area contributed by atoms with E-state index < -0.39 is 10.4 Å². The molecular formula is C13H24N2O4S. The summed E-state index contributed by atoms with van der Waals surface area (Å²) in [7, 11) is -4.67. The fraction of sp³-hybridized carbons (Fsp3) is 0.923. The Kier molecular flexibility index (Phi) is 7.99. The molecule has 0 saturated heterocycles. The van der Waals surface area contributed by atoms with Crippen molar-refractivity contribution in [2.75, 3.05) is 0 Å². The molecule has 2 aliphatic rings. The highest BCUT2D eigenvalue weighted by atomic mass is 32.3. The van der Waals surface area contributed by atoms with Crippen molar-refractivity contribution in [2.24, 2.45) is 9.98 Å². The van der Waals surface area contributed by atoms with E-state index in [0.29, 0.717) is 12.1 Å². The van der Waals surface area contributed by atoms with E-state index in [2.05, 4.69) is 16.0 Å². The molecule has 0 amide bonds. The topological polar surface area (TPSA) is 99.3 Å². The fourth-order valence-corrected chi connectivity index (χ4v) is 2.62. The molecule has 116 valence electrons. The van der Waals surface area contributed by atoms with Crippen LogP contribution in [0.15, 0.2) is 9.98 Å². The molecule has 0 aliphatic heterocycles. The third-order valence-electron chi connectivity index (χ3n) is 3.63. The summed E-state index contributed by atoms with van der Waals surface area (Å²) >= 11 is 0. The molecule has 2 aliphatic carbocycles. The third kappa shape index (κ3) is 10.1. The van der Waals surface area contributed by atoms with E-state index in [1.807, 2.05) is 0 Å². The quantitative estimate of drug-likeness (QED) is 0.604. The summed E-state index contributed by atoms with van der Waals surface area (Å²) in [6.45, 7) is 0. The Balaban J connectivity index is 0.000000347. The molecule has 2 N–H and O–H groups in total. The molecular weight excluding hydrogens is 280 g/mol. The molecule has 0 atom stereocenters. The molecule has 0 bridgehead atoms. The van der Waals surface area contributed by atoms with E-state index in [4.69, 9.17) is 17.5 Å². The van der Waals surface area contributed by atoms with Crippen LogP contribution in [0, 0.1) is 0 Å². The fourth-order valence-electron chi connectivity index (χ4n) is 2.62. The molecule has 0 spiro atoms. The molecule has 6 nitrogen and oxygen atoms in total. The van der Waals surface area contributed by atoms with Crippen LogP contribution in [-0.2, 0) is 10.4 Å². The van der Waals surface area contributed by atoms with Crippen LogP contribution in [0.5, 0.6) is 0 Å². The molecule has 0 unspecified atom stereocenters. The number of rotatable bonds is 2. The highest BCUT2D eigenvalue weighted by Gasteiger charge is 2.12. The maximum atomic E-state index is 8.74. The van der Waals surface area contributed by atoms with Gasteiger partial charge in [-0.05, 0) is 25.7 Å². The minimum absolute atomic E-state index is 0.533. The Bertz CT molecular complexity index is 388. The first-order valence-electron chi connectivity index (χ1n) is 7.30. The van der Waals surface area contributed by atoms with Gasteiger partial charge in [-0.25, -0.2) is 9.98 Å². The van der Waals surface area contributed by atoms with Crippen molar-refractivity contribution < 1.29 is 17.5 Å². The lowest BCUT2D eigenvalue weighted by molar-refractivity contribution is 0.381. The molecule has 0 radical (unpaired) electrons. The van der Waals surface area contributed by atoms with Gasteiger partial charge in [0.25, 0.3) is 0 Å². The van der Waals surface area contributed by atoms with Crippen molar-refractivity contribution in [3.05, 3.63) is 0 Å². The molecule has 0 aromatic rings. The Morgan fingerprint density at radius 3 is 1.35 bits per heavy atom. The Labute approximate surface area is 121 Å². The van der Waals surface area contributed by atoms with Gasteiger partial charge in [0.15, 0.2) is 0 Å². The van der Waals surface area contributed by atoms with E-state index in [-0.39, 0.29) is 0 Å². The standard InChI is InChI=1S/C13H22N2.H2O4S/c1-3-7-12(8-4-1)14-11-15-13-9-5-2-6-10-13;1-5(2,3)4/h12-13H,1-10H2;(H2,1,2,3,4). The van der Waals surface area contributed by atoms with E-state index in [0.717, 1.165) is 0 Å². The molecule has 0 heterocycles. The number of nitrogens with zero attached hydrogens (tertiary/aromatic N) is 2. The third-order valence-corrected chi connectivity index (χ3v) is 3.63.